The highest BCUT2D eigenvalue weighted by atomic mass is 19.1. The van der Waals surface area contributed by atoms with E-state index < -0.39 is 5.82 Å². The maximum atomic E-state index is 13.8. The first-order chi connectivity index (χ1) is 9.11. The summed E-state index contributed by atoms with van der Waals surface area (Å²) < 4.78 is 21.3. The van der Waals surface area contributed by atoms with Crippen LogP contribution in [0, 0.1) is 5.82 Å². The van der Waals surface area contributed by atoms with E-state index in [4.69, 9.17) is 10.5 Å². The summed E-state index contributed by atoms with van der Waals surface area (Å²) in [5.74, 6) is -0.161. The minimum absolute atomic E-state index is 0.190. The van der Waals surface area contributed by atoms with Crippen LogP contribution in [0.3, 0.4) is 0 Å². The number of halogens is 1. The molecule has 5 heteroatoms. The molecule has 0 amide bonds. The van der Waals surface area contributed by atoms with Crippen LogP contribution in [0.2, 0.25) is 0 Å². The summed E-state index contributed by atoms with van der Waals surface area (Å²) in [6.45, 7) is 4.94. The van der Waals surface area contributed by atoms with Crippen LogP contribution in [0.25, 0.3) is 0 Å². The molecule has 2 aromatic rings. The Morgan fingerprint density at radius 2 is 2.26 bits per heavy atom. The molecule has 102 valence electrons. The molecular formula is C14H18FN3O. The fraction of sp³-hybridized carbons (Fsp3) is 0.357. The molecule has 0 aliphatic carbocycles. The second kappa shape index (κ2) is 5.84. The lowest BCUT2D eigenvalue weighted by atomic mass is 10.1. The molecule has 2 N–H and O–H groups in total. The third-order valence-corrected chi connectivity index (χ3v) is 3.00. The summed E-state index contributed by atoms with van der Waals surface area (Å²) in [6.07, 6.45) is 3.45. The van der Waals surface area contributed by atoms with Crippen LogP contribution in [-0.4, -0.2) is 9.55 Å². The molecule has 0 unspecified atom stereocenters. The van der Waals surface area contributed by atoms with Gasteiger partial charge >= 0.3 is 0 Å². The second-order valence-corrected chi connectivity index (χ2v) is 4.44. The SMILES string of the molecule is CCn1cncc1COc1ccc([C@@H](C)N)cc1F. The molecule has 1 atom stereocenters. The van der Waals surface area contributed by atoms with Crippen molar-refractivity contribution in [3.8, 4) is 5.75 Å². The van der Waals surface area contributed by atoms with Crippen molar-refractivity contribution in [3.05, 3.63) is 47.8 Å². The Balaban J connectivity index is 2.08. The molecule has 2 rings (SSSR count). The molecule has 0 saturated heterocycles. The summed E-state index contributed by atoms with van der Waals surface area (Å²) >= 11 is 0. The Morgan fingerprint density at radius 3 is 2.89 bits per heavy atom. The van der Waals surface area contributed by atoms with Gasteiger partial charge in [-0.25, -0.2) is 9.37 Å². The van der Waals surface area contributed by atoms with E-state index in [-0.39, 0.29) is 11.8 Å². The molecule has 1 aromatic heterocycles. The first-order valence-corrected chi connectivity index (χ1v) is 6.28. The van der Waals surface area contributed by atoms with Crippen molar-refractivity contribution in [2.45, 2.75) is 33.0 Å². The summed E-state index contributed by atoms with van der Waals surface area (Å²) in [5, 5.41) is 0. The number of aryl methyl sites for hydroxylation is 1. The molecule has 0 fully saturated rings. The smallest absolute Gasteiger partial charge is 0.165 e. The van der Waals surface area contributed by atoms with Crippen molar-refractivity contribution < 1.29 is 9.13 Å². The summed E-state index contributed by atoms with van der Waals surface area (Å²) in [4.78, 5) is 4.04. The van der Waals surface area contributed by atoms with Crippen LogP contribution >= 0.6 is 0 Å². The fourth-order valence-electron chi connectivity index (χ4n) is 1.82. The number of nitrogens with two attached hydrogens (primary N) is 1. The molecule has 1 aromatic carbocycles. The van der Waals surface area contributed by atoms with Crippen LogP contribution in [0.5, 0.6) is 5.75 Å². The number of aromatic nitrogens is 2. The Labute approximate surface area is 112 Å². The van der Waals surface area contributed by atoms with Gasteiger partial charge in [-0.2, -0.15) is 0 Å². The van der Waals surface area contributed by atoms with Gasteiger partial charge in [-0.1, -0.05) is 6.07 Å². The zero-order valence-corrected chi connectivity index (χ0v) is 11.1. The van der Waals surface area contributed by atoms with Crippen LogP contribution < -0.4 is 10.5 Å². The van der Waals surface area contributed by atoms with E-state index in [9.17, 15) is 4.39 Å². The van der Waals surface area contributed by atoms with Crippen molar-refractivity contribution in [2.24, 2.45) is 5.73 Å². The minimum Gasteiger partial charge on any atom is -0.484 e. The van der Waals surface area contributed by atoms with E-state index in [1.807, 2.05) is 18.4 Å². The van der Waals surface area contributed by atoms with Crippen LogP contribution in [-0.2, 0) is 13.2 Å². The predicted molar refractivity (Wildman–Crippen MR) is 71.2 cm³/mol. The van der Waals surface area contributed by atoms with Gasteiger partial charge in [0.25, 0.3) is 0 Å². The van der Waals surface area contributed by atoms with Crippen LogP contribution in [0.1, 0.15) is 31.1 Å². The van der Waals surface area contributed by atoms with E-state index in [2.05, 4.69) is 4.98 Å². The van der Waals surface area contributed by atoms with Crippen molar-refractivity contribution in [1.82, 2.24) is 9.55 Å². The lowest BCUT2D eigenvalue weighted by Gasteiger charge is -2.11. The normalized spacial score (nSPS) is 12.4. The van der Waals surface area contributed by atoms with Gasteiger partial charge in [0, 0.05) is 12.6 Å². The Bertz CT molecular complexity index is 551. The van der Waals surface area contributed by atoms with Crippen LogP contribution in [0.15, 0.2) is 30.7 Å². The molecule has 1 heterocycles. The van der Waals surface area contributed by atoms with E-state index in [1.54, 1.807) is 24.7 Å². The predicted octanol–water partition coefficient (Wildman–Crippen LogP) is 2.64. The highest BCUT2D eigenvalue weighted by Crippen LogP contribution is 2.22. The quantitative estimate of drug-likeness (QED) is 0.902. The van der Waals surface area contributed by atoms with Crippen LogP contribution in [0.4, 0.5) is 4.39 Å². The largest absolute Gasteiger partial charge is 0.484 e. The van der Waals surface area contributed by atoms with Gasteiger partial charge in [0.05, 0.1) is 18.2 Å². The minimum atomic E-state index is -0.391. The Morgan fingerprint density at radius 1 is 1.47 bits per heavy atom. The molecule has 19 heavy (non-hydrogen) atoms. The molecule has 0 spiro atoms. The summed E-state index contributed by atoms with van der Waals surface area (Å²) in [7, 11) is 0. The fourth-order valence-corrected chi connectivity index (χ4v) is 1.82. The van der Waals surface area contributed by atoms with Gasteiger partial charge in [0.15, 0.2) is 11.6 Å². The standard InChI is InChI=1S/C14H18FN3O/c1-3-18-9-17-7-12(18)8-19-14-5-4-11(10(2)16)6-13(14)15/h4-7,9-10H,3,8,16H2,1-2H3/t10-/m1/s1. The van der Waals surface area contributed by atoms with E-state index in [1.165, 1.54) is 6.07 Å². The molecule has 0 radical (unpaired) electrons. The van der Waals surface area contributed by atoms with Crippen molar-refractivity contribution in [1.29, 1.82) is 0 Å². The molecule has 0 bridgehead atoms. The number of rotatable bonds is 5. The zero-order valence-electron chi connectivity index (χ0n) is 11.1. The number of benzene rings is 1. The number of ether oxygens (including phenoxy) is 1. The molecule has 4 nitrogen and oxygen atoms in total. The topological polar surface area (TPSA) is 53.1 Å². The molecule has 0 saturated carbocycles. The Kier molecular flexibility index (Phi) is 4.16. The maximum Gasteiger partial charge on any atom is 0.165 e. The maximum absolute atomic E-state index is 13.8. The van der Waals surface area contributed by atoms with Gasteiger partial charge in [0.1, 0.15) is 6.61 Å². The zero-order chi connectivity index (χ0) is 13.8. The van der Waals surface area contributed by atoms with Crippen molar-refractivity contribution in [2.75, 3.05) is 0 Å². The third-order valence-electron chi connectivity index (χ3n) is 3.00. The highest BCUT2D eigenvalue weighted by Gasteiger charge is 2.08. The monoisotopic (exact) mass is 263 g/mol. The lowest BCUT2D eigenvalue weighted by molar-refractivity contribution is 0.280. The molecule has 0 aliphatic heterocycles. The van der Waals surface area contributed by atoms with E-state index in [0.29, 0.717) is 6.61 Å². The van der Waals surface area contributed by atoms with E-state index in [0.717, 1.165) is 17.8 Å². The second-order valence-electron chi connectivity index (χ2n) is 4.44. The van der Waals surface area contributed by atoms with E-state index >= 15 is 0 Å². The lowest BCUT2D eigenvalue weighted by Crippen LogP contribution is -2.07. The molecular weight excluding hydrogens is 245 g/mol. The third kappa shape index (κ3) is 3.12. The van der Waals surface area contributed by atoms with Crippen molar-refractivity contribution in [3.63, 3.8) is 0 Å². The van der Waals surface area contributed by atoms with Gasteiger partial charge < -0.3 is 15.0 Å². The van der Waals surface area contributed by atoms with Gasteiger partial charge in [-0.05, 0) is 31.5 Å². The average Bonchev–Trinajstić information content (AvgIpc) is 2.84. The first kappa shape index (κ1) is 13.5. The number of imidazole rings is 1. The number of nitrogens with zero attached hydrogens (tertiary/aromatic N) is 2. The van der Waals surface area contributed by atoms with Crippen molar-refractivity contribution >= 4 is 0 Å². The summed E-state index contributed by atoms with van der Waals surface area (Å²) in [5.41, 5.74) is 7.37. The number of hydrogen-bond acceptors (Lipinski definition) is 3. The van der Waals surface area contributed by atoms with Gasteiger partial charge in [0.2, 0.25) is 0 Å². The highest BCUT2D eigenvalue weighted by molar-refractivity contribution is 5.30. The Hall–Kier alpha value is -1.88. The average molecular weight is 263 g/mol. The molecule has 0 aliphatic rings. The van der Waals surface area contributed by atoms with Gasteiger partial charge in [-0.15, -0.1) is 0 Å². The first-order valence-electron chi connectivity index (χ1n) is 6.28. The number of hydrogen-bond donors (Lipinski definition) is 1. The summed E-state index contributed by atoms with van der Waals surface area (Å²) in [6, 6.07) is 4.61. The van der Waals surface area contributed by atoms with Gasteiger partial charge in [-0.3, -0.25) is 0 Å².